The van der Waals surface area contributed by atoms with Crippen molar-refractivity contribution in [2.45, 2.75) is 6.92 Å². The Labute approximate surface area is 101 Å². The van der Waals surface area contributed by atoms with E-state index in [0.29, 0.717) is 5.57 Å². The van der Waals surface area contributed by atoms with E-state index in [0.717, 1.165) is 22.3 Å². The summed E-state index contributed by atoms with van der Waals surface area (Å²) in [5.74, 6) is 0. The van der Waals surface area contributed by atoms with Gasteiger partial charge in [-0.2, -0.15) is 0 Å². The summed E-state index contributed by atoms with van der Waals surface area (Å²) in [6.07, 6.45) is 1.90. The third-order valence-corrected chi connectivity index (χ3v) is 2.86. The Bertz CT molecular complexity index is 630. The monoisotopic (exact) mass is 218 g/mol. The summed E-state index contributed by atoms with van der Waals surface area (Å²) in [6.45, 7) is 13.0. The molecule has 0 aliphatic heterocycles. The normalized spacial score (nSPS) is 18.5. The van der Waals surface area contributed by atoms with E-state index in [1.165, 1.54) is 0 Å². The van der Waals surface area contributed by atoms with Gasteiger partial charge < -0.3 is 0 Å². The fourth-order valence-electron chi connectivity index (χ4n) is 2.12. The second-order valence-corrected chi connectivity index (χ2v) is 3.67. The number of nitriles is 1. The van der Waals surface area contributed by atoms with E-state index >= 15 is 0 Å². The first-order chi connectivity index (χ1) is 8.24. The number of fused-ring (bicyclic) bond motifs is 1. The van der Waals surface area contributed by atoms with E-state index in [4.69, 9.17) is 11.8 Å². The topological polar surface area (TPSA) is 28.1 Å². The van der Waals surface area contributed by atoms with E-state index in [9.17, 15) is 0 Å². The first-order valence-electron chi connectivity index (χ1n) is 5.22. The molecule has 1 aliphatic rings. The van der Waals surface area contributed by atoms with Crippen molar-refractivity contribution in [3.8, 4) is 6.07 Å². The van der Waals surface area contributed by atoms with Gasteiger partial charge in [0.1, 0.15) is 0 Å². The molecule has 0 aromatic heterocycles. The van der Waals surface area contributed by atoms with E-state index < -0.39 is 0 Å². The standard InChI is InChI=1S/C15H10N2/c1-4-11-10(2)12-7-5-6-8-13(12)15(11)14(9-16)17-3/h4-8H,2H2,1H3/b11-4+,15-14+. The van der Waals surface area contributed by atoms with Crippen molar-refractivity contribution >= 4 is 11.1 Å². The minimum atomic E-state index is 0.129. The molecule has 1 aliphatic carbocycles. The zero-order valence-electron chi connectivity index (χ0n) is 9.49. The molecular weight excluding hydrogens is 208 g/mol. The maximum absolute atomic E-state index is 9.03. The van der Waals surface area contributed by atoms with Crippen LogP contribution in [0.4, 0.5) is 0 Å². The Morgan fingerprint density at radius 3 is 2.59 bits per heavy atom. The second kappa shape index (κ2) is 4.12. The lowest BCUT2D eigenvalue weighted by molar-refractivity contribution is 1.49. The van der Waals surface area contributed by atoms with E-state index in [2.05, 4.69) is 11.4 Å². The van der Waals surface area contributed by atoms with Crippen LogP contribution in [0.2, 0.25) is 0 Å². The third kappa shape index (κ3) is 1.48. The highest BCUT2D eigenvalue weighted by molar-refractivity contribution is 6.09. The summed E-state index contributed by atoms with van der Waals surface area (Å²) in [5.41, 5.74) is 4.55. The van der Waals surface area contributed by atoms with Crippen molar-refractivity contribution in [3.05, 3.63) is 70.7 Å². The smallest absolute Gasteiger partial charge is 0.226 e. The fraction of sp³-hybridized carbons (Fsp3) is 0.0667. The van der Waals surface area contributed by atoms with Gasteiger partial charge in [0.05, 0.1) is 12.6 Å². The number of rotatable bonds is 0. The van der Waals surface area contributed by atoms with Crippen LogP contribution in [0.5, 0.6) is 0 Å². The summed E-state index contributed by atoms with van der Waals surface area (Å²) in [7, 11) is 0. The Morgan fingerprint density at radius 2 is 2.06 bits per heavy atom. The second-order valence-electron chi connectivity index (χ2n) is 3.67. The zero-order chi connectivity index (χ0) is 12.4. The maximum atomic E-state index is 9.03. The van der Waals surface area contributed by atoms with E-state index in [1.807, 2.05) is 43.3 Å². The highest BCUT2D eigenvalue weighted by Crippen LogP contribution is 2.45. The quantitative estimate of drug-likeness (QED) is 0.480. The molecule has 0 unspecified atom stereocenters. The van der Waals surface area contributed by atoms with Crippen LogP contribution in [0.1, 0.15) is 18.1 Å². The minimum absolute atomic E-state index is 0.129. The van der Waals surface area contributed by atoms with Gasteiger partial charge in [0.2, 0.25) is 0 Å². The average molecular weight is 218 g/mol. The zero-order valence-corrected chi connectivity index (χ0v) is 9.49. The van der Waals surface area contributed by atoms with Gasteiger partial charge in [0, 0.05) is 5.57 Å². The molecule has 1 aromatic rings. The van der Waals surface area contributed by atoms with Crippen molar-refractivity contribution in [3.63, 3.8) is 0 Å². The predicted octanol–water partition coefficient (Wildman–Crippen LogP) is 3.81. The van der Waals surface area contributed by atoms with Gasteiger partial charge in [-0.15, -0.1) is 0 Å². The molecule has 0 spiro atoms. The molecule has 2 rings (SSSR count). The van der Waals surface area contributed by atoms with Crippen molar-refractivity contribution in [1.29, 1.82) is 5.26 Å². The summed E-state index contributed by atoms with van der Waals surface area (Å²) >= 11 is 0. The lowest BCUT2D eigenvalue weighted by Gasteiger charge is -2.01. The van der Waals surface area contributed by atoms with Gasteiger partial charge in [-0.25, -0.2) is 10.1 Å². The van der Waals surface area contributed by atoms with Gasteiger partial charge in [-0.05, 0) is 29.2 Å². The van der Waals surface area contributed by atoms with Crippen LogP contribution >= 0.6 is 0 Å². The SMILES string of the molecule is [C-]#[N+]/C(C#N)=C1\C(=C\C)C(=C)c2ccccc21. The first-order valence-corrected chi connectivity index (χ1v) is 5.22. The Morgan fingerprint density at radius 1 is 1.41 bits per heavy atom. The molecule has 0 amide bonds. The minimum Gasteiger partial charge on any atom is -0.226 e. The van der Waals surface area contributed by atoms with Crippen LogP contribution < -0.4 is 0 Å². The molecule has 17 heavy (non-hydrogen) atoms. The first kappa shape index (κ1) is 10.9. The summed E-state index contributed by atoms with van der Waals surface area (Å²) in [4.78, 5) is 3.31. The van der Waals surface area contributed by atoms with Crippen LogP contribution in [-0.4, -0.2) is 0 Å². The molecule has 0 N–H and O–H groups in total. The van der Waals surface area contributed by atoms with Crippen LogP contribution in [0.3, 0.4) is 0 Å². The number of nitrogens with zero attached hydrogens (tertiary/aromatic N) is 2. The van der Waals surface area contributed by atoms with Crippen molar-refractivity contribution in [2.75, 3.05) is 0 Å². The largest absolute Gasteiger partial charge is 0.270 e. The van der Waals surface area contributed by atoms with Gasteiger partial charge in [0.15, 0.2) is 0 Å². The Hall–Kier alpha value is -2.58. The molecule has 0 heterocycles. The van der Waals surface area contributed by atoms with Gasteiger partial charge in [-0.3, -0.25) is 0 Å². The lowest BCUT2D eigenvalue weighted by atomic mass is 10.0. The van der Waals surface area contributed by atoms with Crippen LogP contribution in [0.15, 0.2) is 48.2 Å². The molecule has 1 aromatic carbocycles. The Balaban J connectivity index is 2.87. The van der Waals surface area contributed by atoms with Crippen molar-refractivity contribution < 1.29 is 0 Å². The van der Waals surface area contributed by atoms with Crippen LogP contribution in [0, 0.1) is 17.9 Å². The van der Waals surface area contributed by atoms with Crippen LogP contribution in [0.25, 0.3) is 16.0 Å². The lowest BCUT2D eigenvalue weighted by Crippen LogP contribution is -1.84. The number of allylic oxidation sites excluding steroid dienone is 5. The summed E-state index contributed by atoms with van der Waals surface area (Å²) in [6, 6.07) is 9.69. The molecule has 0 saturated carbocycles. The molecule has 2 heteroatoms. The number of hydrogen-bond donors (Lipinski definition) is 0. The maximum Gasteiger partial charge on any atom is 0.270 e. The predicted molar refractivity (Wildman–Crippen MR) is 68.4 cm³/mol. The van der Waals surface area contributed by atoms with E-state index in [1.54, 1.807) is 0 Å². The molecule has 0 saturated heterocycles. The van der Waals surface area contributed by atoms with Crippen molar-refractivity contribution in [1.82, 2.24) is 0 Å². The van der Waals surface area contributed by atoms with E-state index in [-0.39, 0.29) is 5.70 Å². The van der Waals surface area contributed by atoms with Gasteiger partial charge in [-0.1, -0.05) is 36.9 Å². The molecular formula is C15H10N2. The summed E-state index contributed by atoms with van der Waals surface area (Å²) < 4.78 is 0. The average Bonchev–Trinajstić information content (AvgIpc) is 2.65. The molecule has 0 fully saturated rings. The molecule has 80 valence electrons. The molecule has 0 bridgehead atoms. The third-order valence-electron chi connectivity index (χ3n) is 2.86. The van der Waals surface area contributed by atoms with Gasteiger partial charge >= 0.3 is 0 Å². The number of hydrogen-bond acceptors (Lipinski definition) is 1. The van der Waals surface area contributed by atoms with Crippen LogP contribution in [-0.2, 0) is 0 Å². The molecule has 2 nitrogen and oxygen atoms in total. The number of benzene rings is 1. The molecule has 0 atom stereocenters. The Kier molecular flexibility index (Phi) is 2.65. The fourth-order valence-corrected chi connectivity index (χ4v) is 2.12. The molecule has 0 radical (unpaired) electrons. The highest BCUT2D eigenvalue weighted by Gasteiger charge is 2.26. The highest BCUT2D eigenvalue weighted by atomic mass is 14.7. The summed E-state index contributed by atoms with van der Waals surface area (Å²) in [5, 5.41) is 9.03. The van der Waals surface area contributed by atoms with Gasteiger partial charge in [0.25, 0.3) is 5.70 Å². The van der Waals surface area contributed by atoms with Crippen molar-refractivity contribution in [2.24, 2.45) is 0 Å².